The van der Waals surface area contributed by atoms with E-state index in [4.69, 9.17) is 4.98 Å². The van der Waals surface area contributed by atoms with E-state index in [0.29, 0.717) is 12.0 Å². The van der Waals surface area contributed by atoms with Gasteiger partial charge in [0.2, 0.25) is 5.95 Å². The summed E-state index contributed by atoms with van der Waals surface area (Å²) in [7, 11) is 0. The normalized spacial score (nSPS) is 21.2. The lowest BCUT2D eigenvalue weighted by atomic mass is 9.75. The van der Waals surface area contributed by atoms with Crippen LogP contribution in [-0.4, -0.2) is 25.1 Å². The topological polar surface area (TPSA) is 64.7 Å². The molecule has 1 N–H and O–H groups in total. The molecule has 6 nitrogen and oxygen atoms in total. The average molecular weight is 502 g/mol. The van der Waals surface area contributed by atoms with Crippen LogP contribution in [0.5, 0.6) is 0 Å². The molecule has 0 unspecified atom stereocenters. The van der Waals surface area contributed by atoms with Crippen molar-refractivity contribution < 1.29 is 0 Å². The van der Waals surface area contributed by atoms with Gasteiger partial charge in [-0.15, -0.1) is 0 Å². The highest BCUT2D eigenvalue weighted by Crippen LogP contribution is 2.38. The molecule has 2 saturated carbocycles. The number of rotatable bonds is 6. The molecule has 2 heterocycles. The molecule has 6 heteroatoms. The number of aromatic nitrogens is 4. The summed E-state index contributed by atoms with van der Waals surface area (Å²) in [6.07, 6.45) is 15.4. The van der Waals surface area contributed by atoms with E-state index in [1.54, 1.807) is 0 Å². The Kier molecular flexibility index (Phi) is 7.82. The smallest absolute Gasteiger partial charge is 0.333 e. The molecule has 0 radical (unpaired) electrons. The summed E-state index contributed by atoms with van der Waals surface area (Å²) in [4.78, 5) is 23.1. The van der Waals surface area contributed by atoms with Gasteiger partial charge in [0.1, 0.15) is 0 Å². The molecule has 1 aromatic carbocycles. The Morgan fingerprint density at radius 3 is 2.30 bits per heavy atom. The van der Waals surface area contributed by atoms with Crippen molar-refractivity contribution in [2.75, 3.05) is 5.32 Å². The summed E-state index contributed by atoms with van der Waals surface area (Å²) in [6.45, 7) is 8.18. The summed E-state index contributed by atoms with van der Waals surface area (Å²) in [5.74, 6) is 2.50. The third-order valence-corrected chi connectivity index (χ3v) is 8.67. The lowest BCUT2D eigenvalue weighted by Gasteiger charge is -2.34. The van der Waals surface area contributed by atoms with Crippen LogP contribution in [0, 0.1) is 25.7 Å². The van der Waals surface area contributed by atoms with Crippen LogP contribution in [0.4, 0.5) is 5.95 Å². The average Bonchev–Trinajstić information content (AvgIpc) is 3.03. The molecule has 0 atom stereocenters. The number of hydrogen-bond acceptors (Lipinski definition) is 4. The quantitative estimate of drug-likeness (QED) is 0.362. The van der Waals surface area contributed by atoms with E-state index in [1.165, 1.54) is 64.2 Å². The molecule has 0 saturated heterocycles. The monoisotopic (exact) mass is 501 g/mol. The highest BCUT2D eigenvalue weighted by molar-refractivity contribution is 5.62. The Bertz CT molecular complexity index is 1260. The summed E-state index contributed by atoms with van der Waals surface area (Å²) in [6, 6.07) is 10.5. The second-order valence-electron chi connectivity index (χ2n) is 11.6. The van der Waals surface area contributed by atoms with E-state index >= 15 is 0 Å². The van der Waals surface area contributed by atoms with Crippen LogP contribution in [-0.2, 0) is 0 Å². The van der Waals surface area contributed by atoms with Crippen LogP contribution in [0.1, 0.15) is 95.4 Å². The fourth-order valence-corrected chi connectivity index (χ4v) is 6.80. The zero-order valence-electron chi connectivity index (χ0n) is 23.0. The van der Waals surface area contributed by atoms with Crippen molar-refractivity contribution in [2.24, 2.45) is 11.8 Å². The minimum atomic E-state index is -0.0296. The summed E-state index contributed by atoms with van der Waals surface area (Å²) in [5, 5.41) is 3.64. The predicted octanol–water partition coefficient (Wildman–Crippen LogP) is 7.23. The zero-order valence-corrected chi connectivity index (χ0v) is 23.0. The van der Waals surface area contributed by atoms with Crippen LogP contribution in [0.15, 0.2) is 41.3 Å². The molecule has 5 rings (SSSR count). The largest absolute Gasteiger partial charge is 0.351 e. The van der Waals surface area contributed by atoms with Gasteiger partial charge in [-0.2, -0.15) is 0 Å². The molecular formula is C31H43N5O. The Balaban J connectivity index is 1.38. The number of nitrogens with one attached hydrogen (secondary N) is 1. The van der Waals surface area contributed by atoms with E-state index in [9.17, 15) is 4.79 Å². The van der Waals surface area contributed by atoms with Crippen LogP contribution >= 0.6 is 0 Å². The zero-order chi connectivity index (χ0) is 25.9. The van der Waals surface area contributed by atoms with Gasteiger partial charge in [0, 0.05) is 24.0 Å². The van der Waals surface area contributed by atoms with Crippen LogP contribution in [0.3, 0.4) is 0 Å². The summed E-state index contributed by atoms with van der Waals surface area (Å²) in [5.41, 5.74) is 4.50. The van der Waals surface area contributed by atoms with Gasteiger partial charge in [-0.3, -0.25) is 9.13 Å². The highest BCUT2D eigenvalue weighted by Gasteiger charge is 2.28. The Labute approximate surface area is 221 Å². The Morgan fingerprint density at radius 1 is 0.919 bits per heavy atom. The lowest BCUT2D eigenvalue weighted by molar-refractivity contribution is 0.219. The van der Waals surface area contributed by atoms with Gasteiger partial charge in [-0.05, 0) is 89.0 Å². The molecule has 0 aliphatic heterocycles. The minimum Gasteiger partial charge on any atom is -0.351 e. The third kappa shape index (κ3) is 5.53. The first-order valence-corrected chi connectivity index (χ1v) is 14.4. The van der Waals surface area contributed by atoms with Crippen LogP contribution in [0.25, 0.3) is 17.1 Å². The SMILES string of the molecule is Cc1cccc(-n2c(-c3ccnc(NC4CCC(C5CCCCCC5)CC4)n3)c(C)n(C(C)C)c2=O)c1. The van der Waals surface area contributed by atoms with Gasteiger partial charge in [0.05, 0.1) is 17.1 Å². The molecule has 0 bridgehead atoms. The molecule has 3 aromatic rings. The fraction of sp³-hybridized carbons (Fsp3) is 0.581. The van der Waals surface area contributed by atoms with Crippen molar-refractivity contribution in [3.8, 4) is 17.1 Å². The van der Waals surface area contributed by atoms with Crippen molar-refractivity contribution >= 4 is 5.95 Å². The lowest BCUT2D eigenvalue weighted by Crippen LogP contribution is -2.29. The van der Waals surface area contributed by atoms with E-state index in [1.807, 2.05) is 40.5 Å². The van der Waals surface area contributed by atoms with Crippen molar-refractivity contribution in [2.45, 2.75) is 104 Å². The number of nitrogens with zero attached hydrogens (tertiary/aromatic N) is 4. The molecule has 2 aliphatic rings. The molecule has 2 aromatic heterocycles. The van der Waals surface area contributed by atoms with Crippen molar-refractivity contribution in [1.82, 2.24) is 19.1 Å². The maximum Gasteiger partial charge on any atom is 0.333 e. The number of aryl methyl sites for hydroxylation is 1. The van der Waals surface area contributed by atoms with Crippen LogP contribution in [0.2, 0.25) is 0 Å². The maximum atomic E-state index is 13.6. The second-order valence-corrected chi connectivity index (χ2v) is 11.6. The summed E-state index contributed by atoms with van der Waals surface area (Å²) < 4.78 is 3.67. The van der Waals surface area contributed by atoms with E-state index in [2.05, 4.69) is 43.2 Å². The molecule has 0 spiro atoms. The highest BCUT2D eigenvalue weighted by atomic mass is 16.1. The molecule has 0 amide bonds. The molecule has 198 valence electrons. The van der Waals surface area contributed by atoms with E-state index in [0.717, 1.165) is 40.2 Å². The maximum absolute atomic E-state index is 13.6. The second kappa shape index (κ2) is 11.2. The van der Waals surface area contributed by atoms with Crippen molar-refractivity contribution in [3.63, 3.8) is 0 Å². The van der Waals surface area contributed by atoms with E-state index in [-0.39, 0.29) is 11.7 Å². The molecule has 2 aliphatic carbocycles. The standard InChI is InChI=1S/C31H43N5O/c1-21(2)35-23(4)29(36(31(35)37)27-13-9-10-22(3)20-27)28-18-19-32-30(34-28)33-26-16-14-25(15-17-26)24-11-7-5-6-8-12-24/h9-10,13,18-21,24-26H,5-8,11-12,14-17H2,1-4H3,(H,32,33,34). The van der Waals surface area contributed by atoms with Gasteiger partial charge < -0.3 is 5.32 Å². The predicted molar refractivity (Wildman–Crippen MR) is 151 cm³/mol. The van der Waals surface area contributed by atoms with Crippen molar-refractivity contribution in [1.29, 1.82) is 0 Å². The van der Waals surface area contributed by atoms with Crippen molar-refractivity contribution in [3.05, 3.63) is 58.3 Å². The molecule has 37 heavy (non-hydrogen) atoms. The van der Waals surface area contributed by atoms with Crippen LogP contribution < -0.4 is 11.0 Å². The summed E-state index contributed by atoms with van der Waals surface area (Å²) >= 11 is 0. The Morgan fingerprint density at radius 2 is 1.62 bits per heavy atom. The first kappa shape index (κ1) is 25.7. The number of hydrogen-bond donors (Lipinski definition) is 1. The number of anilines is 1. The van der Waals surface area contributed by atoms with Gasteiger partial charge in [-0.1, -0.05) is 50.7 Å². The number of benzene rings is 1. The number of imidazole rings is 1. The third-order valence-electron chi connectivity index (χ3n) is 8.67. The first-order chi connectivity index (χ1) is 17.9. The molecular weight excluding hydrogens is 458 g/mol. The minimum absolute atomic E-state index is 0.0296. The Hall–Kier alpha value is -2.89. The van der Waals surface area contributed by atoms with Gasteiger partial charge in [0.15, 0.2) is 0 Å². The molecule has 2 fully saturated rings. The van der Waals surface area contributed by atoms with Gasteiger partial charge in [-0.25, -0.2) is 14.8 Å². The van der Waals surface area contributed by atoms with Gasteiger partial charge >= 0.3 is 5.69 Å². The first-order valence-electron chi connectivity index (χ1n) is 14.4. The van der Waals surface area contributed by atoms with Gasteiger partial charge in [0.25, 0.3) is 0 Å². The fourth-order valence-electron chi connectivity index (χ4n) is 6.80. The van der Waals surface area contributed by atoms with E-state index < -0.39 is 0 Å².